The topological polar surface area (TPSA) is 62.2 Å². The Morgan fingerprint density at radius 2 is 1.74 bits per heavy atom. The maximum Gasteiger partial charge on any atom is 0.150 e. The molecule has 35 heavy (non-hydrogen) atoms. The summed E-state index contributed by atoms with van der Waals surface area (Å²) in [6.07, 6.45) is 3.55. The van der Waals surface area contributed by atoms with Gasteiger partial charge in [-0.2, -0.15) is 0 Å². The molecule has 2 atom stereocenters. The van der Waals surface area contributed by atoms with Crippen molar-refractivity contribution in [3.8, 4) is 23.0 Å². The maximum atomic E-state index is 10.1. The number of aromatic hydroxyl groups is 2. The first kappa shape index (κ1) is 23.3. The van der Waals surface area contributed by atoms with Crippen molar-refractivity contribution in [3.63, 3.8) is 0 Å². The van der Waals surface area contributed by atoms with Gasteiger partial charge < -0.3 is 19.7 Å². The normalized spacial score (nSPS) is 18.6. The van der Waals surface area contributed by atoms with E-state index in [0.29, 0.717) is 18.7 Å². The molecule has 5 rings (SSSR count). The monoisotopic (exact) mass is 471 g/mol. The molecular weight excluding hydrogens is 438 g/mol. The SMILES string of the molecule is CC1=C(c2cccc(O)c2)C(c2ccc(OCC(C)N(C)C3CCC3)cc2)Oc2ccc(O)cc21. The average molecular weight is 472 g/mol. The minimum atomic E-state index is -0.355. The van der Waals surface area contributed by atoms with E-state index in [1.165, 1.54) is 19.3 Å². The van der Waals surface area contributed by atoms with Crippen molar-refractivity contribution in [3.05, 3.63) is 83.4 Å². The van der Waals surface area contributed by atoms with Gasteiger partial charge in [0.25, 0.3) is 0 Å². The number of benzene rings is 3. The summed E-state index contributed by atoms with van der Waals surface area (Å²) < 4.78 is 12.6. The molecule has 0 amide bonds. The summed E-state index contributed by atoms with van der Waals surface area (Å²) in [5.74, 6) is 1.96. The first-order valence-electron chi connectivity index (χ1n) is 12.4. The summed E-state index contributed by atoms with van der Waals surface area (Å²) in [4.78, 5) is 2.43. The highest BCUT2D eigenvalue weighted by Gasteiger charge is 2.30. The molecule has 2 unspecified atom stereocenters. The fourth-order valence-corrected chi connectivity index (χ4v) is 4.94. The number of nitrogens with zero attached hydrogens (tertiary/aromatic N) is 1. The summed E-state index contributed by atoms with van der Waals surface area (Å²) in [5.41, 5.74) is 4.70. The summed E-state index contributed by atoms with van der Waals surface area (Å²) >= 11 is 0. The molecule has 1 heterocycles. The molecule has 3 aromatic rings. The van der Waals surface area contributed by atoms with Gasteiger partial charge in [-0.1, -0.05) is 30.7 Å². The summed E-state index contributed by atoms with van der Waals surface area (Å²) in [5, 5.41) is 20.2. The van der Waals surface area contributed by atoms with Crippen LogP contribution in [0.25, 0.3) is 11.1 Å². The molecule has 1 saturated carbocycles. The largest absolute Gasteiger partial charge is 0.508 e. The second kappa shape index (κ2) is 9.67. The van der Waals surface area contributed by atoms with Crippen LogP contribution in [0.5, 0.6) is 23.0 Å². The summed E-state index contributed by atoms with van der Waals surface area (Å²) in [6.45, 7) is 4.90. The van der Waals surface area contributed by atoms with Crippen LogP contribution in [-0.2, 0) is 0 Å². The predicted octanol–water partition coefficient (Wildman–Crippen LogP) is 6.41. The van der Waals surface area contributed by atoms with Crippen LogP contribution < -0.4 is 9.47 Å². The number of ether oxygens (including phenoxy) is 2. The third kappa shape index (κ3) is 4.73. The van der Waals surface area contributed by atoms with Crippen LogP contribution >= 0.6 is 0 Å². The first-order chi connectivity index (χ1) is 16.9. The first-order valence-corrected chi connectivity index (χ1v) is 12.4. The summed E-state index contributed by atoms with van der Waals surface area (Å²) in [6, 6.07) is 21.5. The number of likely N-dealkylation sites (N-methyl/N-ethyl adjacent to an activating group) is 1. The zero-order valence-electron chi connectivity index (χ0n) is 20.6. The highest BCUT2D eigenvalue weighted by atomic mass is 16.5. The molecule has 3 aromatic carbocycles. The van der Waals surface area contributed by atoms with Gasteiger partial charge in [-0.3, -0.25) is 4.90 Å². The van der Waals surface area contributed by atoms with Crippen molar-refractivity contribution in [2.75, 3.05) is 13.7 Å². The molecule has 1 fully saturated rings. The zero-order valence-corrected chi connectivity index (χ0v) is 20.6. The van der Waals surface area contributed by atoms with Gasteiger partial charge in [0.2, 0.25) is 0 Å². The van der Waals surface area contributed by atoms with Crippen molar-refractivity contribution in [1.82, 2.24) is 4.90 Å². The van der Waals surface area contributed by atoms with Crippen LogP contribution in [-0.4, -0.2) is 40.9 Å². The number of fused-ring (bicyclic) bond motifs is 1. The van der Waals surface area contributed by atoms with E-state index in [1.807, 2.05) is 43.3 Å². The number of hydrogen-bond donors (Lipinski definition) is 2. The molecule has 0 aromatic heterocycles. The maximum absolute atomic E-state index is 10.1. The average Bonchev–Trinajstić information content (AvgIpc) is 2.82. The van der Waals surface area contributed by atoms with Crippen molar-refractivity contribution in [1.29, 1.82) is 0 Å². The van der Waals surface area contributed by atoms with Crippen molar-refractivity contribution in [2.45, 2.75) is 51.3 Å². The van der Waals surface area contributed by atoms with Crippen LogP contribution in [0, 0.1) is 0 Å². The number of phenols is 2. The van der Waals surface area contributed by atoms with Crippen molar-refractivity contribution >= 4 is 11.1 Å². The molecule has 0 spiro atoms. The molecule has 5 heteroatoms. The van der Waals surface area contributed by atoms with E-state index in [0.717, 1.165) is 39.3 Å². The smallest absolute Gasteiger partial charge is 0.150 e. The van der Waals surface area contributed by atoms with Crippen LogP contribution in [0.15, 0.2) is 66.7 Å². The van der Waals surface area contributed by atoms with E-state index in [2.05, 4.69) is 18.9 Å². The second-order valence-corrected chi connectivity index (χ2v) is 9.75. The quantitative estimate of drug-likeness (QED) is 0.417. The Kier molecular flexibility index (Phi) is 6.44. The van der Waals surface area contributed by atoms with Crippen LogP contribution in [0.1, 0.15) is 55.9 Å². The van der Waals surface area contributed by atoms with Crippen molar-refractivity contribution in [2.24, 2.45) is 0 Å². The predicted molar refractivity (Wildman–Crippen MR) is 139 cm³/mol. The van der Waals surface area contributed by atoms with E-state index < -0.39 is 0 Å². The fraction of sp³-hybridized carbons (Fsp3) is 0.333. The van der Waals surface area contributed by atoms with Gasteiger partial charge in [0.05, 0.1) is 0 Å². The van der Waals surface area contributed by atoms with E-state index in [-0.39, 0.29) is 17.6 Å². The Morgan fingerprint density at radius 1 is 1.00 bits per heavy atom. The molecule has 0 saturated heterocycles. The molecule has 5 nitrogen and oxygen atoms in total. The van der Waals surface area contributed by atoms with Crippen molar-refractivity contribution < 1.29 is 19.7 Å². The second-order valence-electron chi connectivity index (χ2n) is 9.75. The lowest BCUT2D eigenvalue weighted by Gasteiger charge is -2.38. The third-order valence-corrected chi connectivity index (χ3v) is 7.46. The molecule has 2 aliphatic rings. The lowest BCUT2D eigenvalue weighted by molar-refractivity contribution is 0.0871. The number of phenolic OH excluding ortho intramolecular Hbond substituents is 2. The Labute approximate surface area is 207 Å². The molecular formula is C30H33NO4. The van der Waals surface area contributed by atoms with E-state index in [4.69, 9.17) is 9.47 Å². The fourth-order valence-electron chi connectivity index (χ4n) is 4.94. The Bertz CT molecular complexity index is 1230. The van der Waals surface area contributed by atoms with Crippen LogP contribution in [0.3, 0.4) is 0 Å². The third-order valence-electron chi connectivity index (χ3n) is 7.46. The van der Waals surface area contributed by atoms with Gasteiger partial charge in [-0.15, -0.1) is 0 Å². The molecule has 1 aliphatic carbocycles. The molecule has 182 valence electrons. The van der Waals surface area contributed by atoms with Gasteiger partial charge in [0.15, 0.2) is 0 Å². The van der Waals surface area contributed by atoms with Crippen LogP contribution in [0.4, 0.5) is 0 Å². The molecule has 0 radical (unpaired) electrons. The lowest BCUT2D eigenvalue weighted by Crippen LogP contribution is -2.45. The standard InChI is InChI=1S/C30H33NO4/c1-19(31(3)23-7-5-8-23)18-34-26-13-10-21(11-14-26)30-29(22-6-4-9-24(32)16-22)20(2)27-17-25(33)12-15-28(27)35-30/h4,6,9-17,19,23,30,32-33H,5,7-8,18H2,1-3H3. The van der Waals surface area contributed by atoms with Gasteiger partial charge >= 0.3 is 0 Å². The van der Waals surface area contributed by atoms with E-state index >= 15 is 0 Å². The van der Waals surface area contributed by atoms with Gasteiger partial charge in [0, 0.05) is 23.2 Å². The highest BCUT2D eigenvalue weighted by Crippen LogP contribution is 2.47. The molecule has 1 aliphatic heterocycles. The summed E-state index contributed by atoms with van der Waals surface area (Å²) in [7, 11) is 2.19. The molecule has 0 bridgehead atoms. The number of hydrogen-bond acceptors (Lipinski definition) is 5. The van der Waals surface area contributed by atoms with Gasteiger partial charge in [0.1, 0.15) is 35.7 Å². The van der Waals surface area contributed by atoms with Gasteiger partial charge in [-0.05, 0) is 92.9 Å². The van der Waals surface area contributed by atoms with Gasteiger partial charge in [-0.25, -0.2) is 0 Å². The Balaban J connectivity index is 1.40. The number of rotatable bonds is 7. The van der Waals surface area contributed by atoms with E-state index in [1.54, 1.807) is 30.3 Å². The number of allylic oxidation sites excluding steroid dienone is 1. The Morgan fingerprint density at radius 3 is 2.43 bits per heavy atom. The highest BCUT2D eigenvalue weighted by molar-refractivity contribution is 5.95. The Hall–Kier alpha value is -3.44. The minimum Gasteiger partial charge on any atom is -0.508 e. The zero-order chi connectivity index (χ0) is 24.5. The molecule has 2 N–H and O–H groups in total. The minimum absolute atomic E-state index is 0.194. The van der Waals surface area contributed by atoms with Crippen LogP contribution in [0.2, 0.25) is 0 Å². The van der Waals surface area contributed by atoms with E-state index in [9.17, 15) is 10.2 Å². The lowest BCUT2D eigenvalue weighted by atomic mass is 9.86.